The van der Waals surface area contributed by atoms with E-state index in [1.807, 2.05) is 0 Å². The number of carbonyl (C=O) groups is 1. The molecule has 1 amide bonds. The number of rotatable bonds is 3. The molecule has 2 rings (SSSR count). The van der Waals surface area contributed by atoms with Crippen molar-refractivity contribution in [2.45, 2.75) is 24.3 Å². The molecule has 0 fully saturated rings. The number of nitrogens with two attached hydrogens (primary N) is 1. The molecule has 0 saturated carbocycles. The van der Waals surface area contributed by atoms with Crippen LogP contribution in [0, 0.1) is 0 Å². The third-order valence-corrected chi connectivity index (χ3v) is 5.20. The Morgan fingerprint density at radius 2 is 2.00 bits per heavy atom. The van der Waals surface area contributed by atoms with Crippen LogP contribution in [-0.2, 0) is 21.2 Å². The van der Waals surface area contributed by atoms with Crippen molar-refractivity contribution < 1.29 is 13.2 Å². The van der Waals surface area contributed by atoms with Crippen LogP contribution in [-0.4, -0.2) is 45.3 Å². The maximum absolute atomic E-state index is 12.1. The Bertz CT molecular complexity index is 644. The van der Waals surface area contributed by atoms with E-state index in [0.29, 0.717) is 12.2 Å². The first-order valence-corrected chi connectivity index (χ1v) is 7.81. The fourth-order valence-corrected chi connectivity index (χ4v) is 3.13. The highest BCUT2D eigenvalue weighted by molar-refractivity contribution is 7.89. The molecule has 21 heavy (non-hydrogen) atoms. The summed E-state index contributed by atoms with van der Waals surface area (Å²) in [6, 6.07) is 4.29. The van der Waals surface area contributed by atoms with E-state index in [1.165, 1.54) is 14.1 Å². The molecule has 118 valence electrons. The summed E-state index contributed by atoms with van der Waals surface area (Å²) in [5.74, 6) is -0.192. The number of fused-ring (bicyclic) bond motifs is 1. The second-order valence-electron chi connectivity index (χ2n) is 5.11. The highest BCUT2D eigenvalue weighted by Crippen LogP contribution is 2.31. The molecular weight excluding hydrogens is 314 g/mol. The van der Waals surface area contributed by atoms with Crippen molar-refractivity contribution in [3.63, 3.8) is 0 Å². The number of nitrogens with zero attached hydrogens (tertiary/aromatic N) is 2. The lowest BCUT2D eigenvalue weighted by molar-refractivity contribution is -0.119. The van der Waals surface area contributed by atoms with E-state index in [4.69, 9.17) is 5.73 Å². The quantitative estimate of drug-likeness (QED) is 0.877. The minimum absolute atomic E-state index is 0. The Kier molecular flexibility index (Phi) is 5.38. The number of benzene rings is 1. The molecule has 0 aromatic heterocycles. The Hall–Kier alpha value is -1.15. The average Bonchev–Trinajstić information content (AvgIpc) is 2.80. The van der Waals surface area contributed by atoms with Gasteiger partial charge in [-0.05, 0) is 31.0 Å². The zero-order valence-electron chi connectivity index (χ0n) is 12.2. The van der Waals surface area contributed by atoms with E-state index in [0.717, 1.165) is 16.3 Å². The van der Waals surface area contributed by atoms with Crippen molar-refractivity contribution in [1.82, 2.24) is 4.31 Å². The third kappa shape index (κ3) is 3.21. The Morgan fingerprint density at radius 1 is 1.38 bits per heavy atom. The molecule has 1 aliphatic heterocycles. The number of hydrogen-bond acceptors (Lipinski definition) is 4. The van der Waals surface area contributed by atoms with Crippen LogP contribution >= 0.6 is 12.4 Å². The van der Waals surface area contributed by atoms with E-state index >= 15 is 0 Å². The molecule has 1 aromatic carbocycles. The molecule has 1 aliphatic rings. The first-order chi connectivity index (χ1) is 9.25. The molecule has 0 saturated heterocycles. The van der Waals surface area contributed by atoms with Gasteiger partial charge in [0.15, 0.2) is 0 Å². The smallest absolute Gasteiger partial charge is 0.243 e. The maximum atomic E-state index is 12.1. The van der Waals surface area contributed by atoms with Gasteiger partial charge in [0, 0.05) is 26.3 Å². The molecule has 0 aliphatic carbocycles. The normalized spacial score (nSPS) is 15.6. The fourth-order valence-electron chi connectivity index (χ4n) is 2.21. The predicted octanol–water partition coefficient (Wildman–Crippen LogP) is 0.595. The van der Waals surface area contributed by atoms with Crippen LogP contribution in [0.25, 0.3) is 0 Å². The second-order valence-corrected chi connectivity index (χ2v) is 7.26. The first-order valence-electron chi connectivity index (χ1n) is 6.37. The monoisotopic (exact) mass is 333 g/mol. The minimum atomic E-state index is -3.50. The van der Waals surface area contributed by atoms with Gasteiger partial charge in [-0.2, -0.15) is 0 Å². The Morgan fingerprint density at radius 3 is 2.52 bits per heavy atom. The van der Waals surface area contributed by atoms with Crippen molar-refractivity contribution in [2.24, 2.45) is 5.73 Å². The van der Waals surface area contributed by atoms with E-state index in [-0.39, 0.29) is 23.2 Å². The zero-order valence-corrected chi connectivity index (χ0v) is 13.9. The number of halogens is 1. The van der Waals surface area contributed by atoms with Crippen LogP contribution in [0.2, 0.25) is 0 Å². The number of sulfonamides is 1. The lowest BCUT2D eigenvalue weighted by Crippen LogP contribution is -2.41. The average molecular weight is 334 g/mol. The second kappa shape index (κ2) is 6.31. The van der Waals surface area contributed by atoms with Crippen molar-refractivity contribution in [3.05, 3.63) is 23.8 Å². The largest absolute Gasteiger partial charge is 0.320 e. The van der Waals surface area contributed by atoms with Crippen LogP contribution in [0.4, 0.5) is 5.69 Å². The number of anilines is 1. The summed E-state index contributed by atoms with van der Waals surface area (Å²) in [6.45, 7) is 2.17. The molecule has 1 heterocycles. The molecule has 0 unspecified atom stereocenters. The molecule has 0 spiro atoms. The van der Waals surface area contributed by atoms with Gasteiger partial charge in [-0.3, -0.25) is 4.79 Å². The summed E-state index contributed by atoms with van der Waals surface area (Å²) in [5, 5.41) is 0. The zero-order chi connectivity index (χ0) is 15.1. The van der Waals surface area contributed by atoms with Crippen LogP contribution in [0.3, 0.4) is 0 Å². The molecule has 1 aromatic rings. The van der Waals surface area contributed by atoms with Crippen molar-refractivity contribution in [3.8, 4) is 0 Å². The van der Waals surface area contributed by atoms with Crippen molar-refractivity contribution >= 4 is 34.0 Å². The van der Waals surface area contributed by atoms with Gasteiger partial charge in [0.05, 0.1) is 10.9 Å². The van der Waals surface area contributed by atoms with Crippen LogP contribution in [0.15, 0.2) is 23.1 Å². The molecule has 6 nitrogen and oxygen atoms in total. The predicted molar refractivity (Wildman–Crippen MR) is 84.3 cm³/mol. The number of amides is 1. The molecule has 8 heteroatoms. The van der Waals surface area contributed by atoms with Crippen LogP contribution in [0.1, 0.15) is 12.5 Å². The molecule has 1 atom stereocenters. The Balaban J connectivity index is 0.00000220. The highest BCUT2D eigenvalue weighted by atomic mass is 35.5. The van der Waals surface area contributed by atoms with Crippen molar-refractivity contribution in [1.29, 1.82) is 0 Å². The van der Waals surface area contributed by atoms with Gasteiger partial charge in [0.25, 0.3) is 0 Å². The van der Waals surface area contributed by atoms with Gasteiger partial charge in [0.2, 0.25) is 15.9 Å². The molecule has 0 bridgehead atoms. The SMILES string of the molecule is C[C@@H](N)C(=O)N1CCc2ccc(S(=O)(=O)N(C)C)cc21.Cl. The summed E-state index contributed by atoms with van der Waals surface area (Å²) in [5.41, 5.74) is 7.24. The van der Waals surface area contributed by atoms with Gasteiger partial charge in [-0.1, -0.05) is 6.07 Å². The maximum Gasteiger partial charge on any atom is 0.243 e. The molecule has 2 N–H and O–H groups in total. The summed E-state index contributed by atoms with van der Waals surface area (Å²) in [4.78, 5) is 13.8. The van der Waals surface area contributed by atoms with E-state index in [1.54, 1.807) is 30.0 Å². The standard InChI is InChI=1S/C13H19N3O3S.ClH/c1-9(14)13(17)16-7-6-10-4-5-11(8-12(10)16)20(18,19)15(2)3;/h4-5,8-9H,6-7,14H2,1-3H3;1H/t9-;/m1./s1. The van der Waals surface area contributed by atoms with Crippen LogP contribution in [0.5, 0.6) is 0 Å². The number of hydrogen-bond donors (Lipinski definition) is 1. The van der Waals surface area contributed by atoms with Crippen molar-refractivity contribution in [2.75, 3.05) is 25.5 Å². The molecular formula is C13H20ClN3O3S. The fraction of sp³-hybridized carbons (Fsp3) is 0.462. The summed E-state index contributed by atoms with van der Waals surface area (Å²) in [6.07, 6.45) is 0.718. The summed E-state index contributed by atoms with van der Waals surface area (Å²) < 4.78 is 25.4. The van der Waals surface area contributed by atoms with Gasteiger partial charge >= 0.3 is 0 Å². The number of carbonyl (C=O) groups excluding carboxylic acids is 1. The van der Waals surface area contributed by atoms with Gasteiger partial charge in [-0.25, -0.2) is 12.7 Å². The van der Waals surface area contributed by atoms with Crippen LogP contribution < -0.4 is 10.6 Å². The third-order valence-electron chi connectivity index (χ3n) is 3.39. The minimum Gasteiger partial charge on any atom is -0.320 e. The van der Waals surface area contributed by atoms with Gasteiger partial charge < -0.3 is 10.6 Å². The van der Waals surface area contributed by atoms with E-state index in [2.05, 4.69) is 0 Å². The lowest BCUT2D eigenvalue weighted by atomic mass is 10.2. The van der Waals surface area contributed by atoms with E-state index < -0.39 is 16.1 Å². The Labute approximate surface area is 131 Å². The topological polar surface area (TPSA) is 83.7 Å². The summed E-state index contributed by atoms with van der Waals surface area (Å²) >= 11 is 0. The molecule has 0 radical (unpaired) electrons. The highest BCUT2D eigenvalue weighted by Gasteiger charge is 2.28. The first kappa shape index (κ1) is 17.9. The lowest BCUT2D eigenvalue weighted by Gasteiger charge is -2.20. The van der Waals surface area contributed by atoms with Gasteiger partial charge in [0.1, 0.15) is 0 Å². The van der Waals surface area contributed by atoms with Gasteiger partial charge in [-0.15, -0.1) is 12.4 Å². The van der Waals surface area contributed by atoms with E-state index in [9.17, 15) is 13.2 Å². The summed E-state index contributed by atoms with van der Waals surface area (Å²) in [7, 11) is -0.545.